The minimum Gasteiger partial charge on any atom is -0.360 e. The van der Waals surface area contributed by atoms with Crippen LogP contribution in [-0.2, 0) is 7.05 Å². The normalized spacial score (nSPS) is 38.2. The summed E-state index contributed by atoms with van der Waals surface area (Å²) in [5, 5.41) is 3.56. The number of anilines is 1. The molecule has 1 aromatic rings. The van der Waals surface area contributed by atoms with Crippen LogP contribution in [0.25, 0.3) is 0 Å². The molecule has 0 unspecified atom stereocenters. The van der Waals surface area contributed by atoms with Gasteiger partial charge in [0.25, 0.3) is 5.56 Å². The second kappa shape index (κ2) is 4.33. The van der Waals surface area contributed by atoms with Gasteiger partial charge in [-0.2, -0.15) is 0 Å². The molecule has 4 saturated carbocycles. The fraction of sp³-hybridized carbons (Fsp3) is 0.733. The summed E-state index contributed by atoms with van der Waals surface area (Å²) >= 11 is 3.39. The molecule has 5 heteroatoms. The summed E-state index contributed by atoms with van der Waals surface area (Å²) in [7, 11) is 1.78. The van der Waals surface area contributed by atoms with Gasteiger partial charge in [0.05, 0.1) is 0 Å². The Kier molecular flexibility index (Phi) is 2.78. The average Bonchev–Trinajstić information content (AvgIpc) is 2.33. The van der Waals surface area contributed by atoms with Crippen molar-refractivity contribution in [3.8, 4) is 0 Å². The number of aryl methyl sites for hydroxylation is 1. The van der Waals surface area contributed by atoms with Crippen LogP contribution in [0.5, 0.6) is 0 Å². The molecule has 1 aromatic heterocycles. The van der Waals surface area contributed by atoms with E-state index >= 15 is 0 Å². The van der Waals surface area contributed by atoms with Gasteiger partial charge in [-0.3, -0.25) is 4.79 Å². The first kappa shape index (κ1) is 12.9. The predicted octanol–water partition coefficient (Wildman–Crippen LogP) is 2.92. The third kappa shape index (κ3) is 2.01. The van der Waals surface area contributed by atoms with Crippen molar-refractivity contribution >= 4 is 21.7 Å². The summed E-state index contributed by atoms with van der Waals surface area (Å²) in [6.45, 7) is 0. The fourth-order valence-electron chi connectivity index (χ4n) is 5.17. The van der Waals surface area contributed by atoms with Gasteiger partial charge in [0.1, 0.15) is 4.60 Å². The second-order valence-corrected chi connectivity index (χ2v) is 7.96. The molecule has 0 amide bonds. The van der Waals surface area contributed by atoms with Crippen LogP contribution in [0.15, 0.2) is 15.6 Å². The van der Waals surface area contributed by atoms with E-state index in [0.29, 0.717) is 10.4 Å². The standard InChI is InChI=1S/C15H20BrN3O/c1-19-8-12(16)17-13(14(19)20)18-15-5-9-2-10(6-15)4-11(3-9)7-15/h8-11H,2-7H2,1H3,(H,17,18). The van der Waals surface area contributed by atoms with Gasteiger partial charge in [-0.25, -0.2) is 4.98 Å². The molecule has 0 aliphatic heterocycles. The smallest absolute Gasteiger partial charge is 0.293 e. The maximum Gasteiger partial charge on any atom is 0.293 e. The lowest BCUT2D eigenvalue weighted by Gasteiger charge is -2.57. The van der Waals surface area contributed by atoms with Crippen molar-refractivity contribution in [2.24, 2.45) is 24.8 Å². The summed E-state index contributed by atoms with van der Waals surface area (Å²) in [5.74, 6) is 3.11. The summed E-state index contributed by atoms with van der Waals surface area (Å²) < 4.78 is 2.31. The van der Waals surface area contributed by atoms with Crippen LogP contribution in [-0.4, -0.2) is 15.1 Å². The van der Waals surface area contributed by atoms with Crippen molar-refractivity contribution in [3.63, 3.8) is 0 Å². The van der Waals surface area contributed by atoms with E-state index < -0.39 is 0 Å². The van der Waals surface area contributed by atoms with Crippen molar-refractivity contribution in [1.29, 1.82) is 0 Å². The van der Waals surface area contributed by atoms with Crippen LogP contribution in [0.4, 0.5) is 5.82 Å². The average molecular weight is 338 g/mol. The lowest BCUT2D eigenvalue weighted by Crippen LogP contribution is -2.55. The number of hydrogen-bond donors (Lipinski definition) is 1. The van der Waals surface area contributed by atoms with Crippen LogP contribution in [0.2, 0.25) is 0 Å². The molecule has 0 atom stereocenters. The largest absolute Gasteiger partial charge is 0.360 e. The van der Waals surface area contributed by atoms with Crippen LogP contribution < -0.4 is 10.9 Å². The van der Waals surface area contributed by atoms with E-state index in [1.165, 1.54) is 38.5 Å². The van der Waals surface area contributed by atoms with Gasteiger partial charge in [-0.05, 0) is 72.2 Å². The van der Waals surface area contributed by atoms with Crippen LogP contribution >= 0.6 is 15.9 Å². The third-order valence-electron chi connectivity index (χ3n) is 5.46. The van der Waals surface area contributed by atoms with Crippen molar-refractivity contribution in [1.82, 2.24) is 9.55 Å². The molecule has 1 N–H and O–H groups in total. The SMILES string of the molecule is Cn1cc(Br)nc(NC23CC4CC(CC(C4)C2)C3)c1=O. The van der Waals surface area contributed by atoms with Gasteiger partial charge >= 0.3 is 0 Å². The summed E-state index contributed by atoms with van der Waals surface area (Å²) in [6.07, 6.45) is 9.59. The first-order valence-corrected chi connectivity index (χ1v) is 8.34. The topological polar surface area (TPSA) is 46.9 Å². The minimum atomic E-state index is -0.0241. The Balaban J connectivity index is 1.68. The molecule has 4 aliphatic carbocycles. The van der Waals surface area contributed by atoms with E-state index in [2.05, 4.69) is 26.2 Å². The summed E-state index contributed by atoms with van der Waals surface area (Å²) in [4.78, 5) is 16.6. The molecule has 0 aromatic carbocycles. The molecule has 4 nitrogen and oxygen atoms in total. The molecule has 108 valence electrons. The minimum absolute atomic E-state index is 0.0241. The Bertz CT molecular complexity index is 574. The van der Waals surface area contributed by atoms with Gasteiger partial charge in [-0.15, -0.1) is 0 Å². The highest BCUT2D eigenvalue weighted by Gasteiger charge is 2.51. The molecule has 0 spiro atoms. The van der Waals surface area contributed by atoms with Crippen molar-refractivity contribution in [3.05, 3.63) is 21.2 Å². The van der Waals surface area contributed by atoms with Gasteiger partial charge in [-0.1, -0.05) is 0 Å². The van der Waals surface area contributed by atoms with Gasteiger partial charge in [0.2, 0.25) is 0 Å². The summed E-state index contributed by atoms with van der Waals surface area (Å²) in [6, 6.07) is 0. The second-order valence-electron chi connectivity index (χ2n) is 7.15. The first-order chi connectivity index (χ1) is 9.53. The maximum absolute atomic E-state index is 12.3. The van der Waals surface area contributed by atoms with Crippen molar-refractivity contribution < 1.29 is 0 Å². The van der Waals surface area contributed by atoms with Crippen molar-refractivity contribution in [2.45, 2.75) is 44.1 Å². The molecule has 0 saturated heterocycles. The first-order valence-electron chi connectivity index (χ1n) is 7.54. The Labute approximate surface area is 127 Å². The Morgan fingerprint density at radius 2 is 1.80 bits per heavy atom. The molecule has 20 heavy (non-hydrogen) atoms. The Hall–Kier alpha value is -0.840. The van der Waals surface area contributed by atoms with E-state index in [9.17, 15) is 4.79 Å². The van der Waals surface area contributed by atoms with Crippen LogP contribution in [0.3, 0.4) is 0 Å². The third-order valence-corrected chi connectivity index (χ3v) is 5.85. The number of hydrogen-bond acceptors (Lipinski definition) is 3. The van der Waals surface area contributed by atoms with Gasteiger partial charge in [0.15, 0.2) is 5.82 Å². The molecule has 1 heterocycles. The van der Waals surface area contributed by atoms with Crippen LogP contribution in [0, 0.1) is 17.8 Å². The van der Waals surface area contributed by atoms with E-state index in [1.54, 1.807) is 17.8 Å². The zero-order valence-electron chi connectivity index (χ0n) is 11.7. The van der Waals surface area contributed by atoms with Gasteiger partial charge < -0.3 is 9.88 Å². The van der Waals surface area contributed by atoms with Crippen molar-refractivity contribution in [2.75, 3.05) is 5.32 Å². The highest BCUT2D eigenvalue weighted by atomic mass is 79.9. The highest BCUT2D eigenvalue weighted by Crippen LogP contribution is 2.56. The Morgan fingerprint density at radius 1 is 1.25 bits per heavy atom. The Morgan fingerprint density at radius 3 is 2.35 bits per heavy atom. The van der Waals surface area contributed by atoms with E-state index in [1.807, 2.05) is 0 Å². The molecule has 4 fully saturated rings. The van der Waals surface area contributed by atoms with E-state index in [0.717, 1.165) is 17.8 Å². The lowest BCUT2D eigenvalue weighted by atomic mass is 9.53. The number of aromatic nitrogens is 2. The van der Waals surface area contributed by atoms with Crippen LogP contribution in [0.1, 0.15) is 38.5 Å². The highest BCUT2D eigenvalue weighted by molar-refractivity contribution is 9.10. The van der Waals surface area contributed by atoms with Gasteiger partial charge in [0, 0.05) is 18.8 Å². The number of nitrogens with zero attached hydrogens (tertiary/aromatic N) is 2. The number of nitrogens with one attached hydrogen (secondary N) is 1. The number of halogens is 1. The molecule has 4 bridgehead atoms. The maximum atomic E-state index is 12.3. The summed E-state index contributed by atoms with van der Waals surface area (Å²) in [5.41, 5.74) is 0.110. The molecule has 0 radical (unpaired) electrons. The molecular weight excluding hydrogens is 318 g/mol. The lowest BCUT2D eigenvalue weighted by molar-refractivity contribution is 0.0104. The zero-order valence-corrected chi connectivity index (χ0v) is 13.3. The zero-order chi connectivity index (χ0) is 13.9. The molecular formula is C15H20BrN3O. The number of rotatable bonds is 2. The predicted molar refractivity (Wildman–Crippen MR) is 81.7 cm³/mol. The quantitative estimate of drug-likeness (QED) is 0.902. The fourth-order valence-corrected chi connectivity index (χ4v) is 5.65. The monoisotopic (exact) mass is 337 g/mol. The molecule has 4 aliphatic rings. The van der Waals surface area contributed by atoms with E-state index in [-0.39, 0.29) is 11.1 Å². The molecule has 5 rings (SSSR count). The van der Waals surface area contributed by atoms with E-state index in [4.69, 9.17) is 0 Å².